The van der Waals surface area contributed by atoms with Crippen LogP contribution in [0.25, 0.3) is 0 Å². The minimum atomic E-state index is 0.00654. The summed E-state index contributed by atoms with van der Waals surface area (Å²) in [6, 6.07) is 4.02. The Morgan fingerprint density at radius 3 is 1.96 bits per heavy atom. The van der Waals surface area contributed by atoms with Gasteiger partial charge >= 0.3 is 0 Å². The molecule has 1 N–H and O–H groups in total. The van der Waals surface area contributed by atoms with E-state index in [1.807, 2.05) is 4.90 Å². The molecule has 0 radical (unpaired) electrons. The number of nitrogens with one attached hydrogen (secondary N) is 1. The Balaban J connectivity index is 2.20. The molecule has 0 bridgehead atoms. The average molecular weight is 323 g/mol. The lowest BCUT2D eigenvalue weighted by Gasteiger charge is -2.34. The Labute approximate surface area is 137 Å². The van der Waals surface area contributed by atoms with Crippen molar-refractivity contribution in [2.24, 2.45) is 0 Å². The molecule has 1 aliphatic rings. The second kappa shape index (κ2) is 7.55. The molecule has 1 fully saturated rings. The second-order valence-corrected chi connectivity index (χ2v) is 6.02. The quantitative estimate of drug-likeness (QED) is 0.855. The second-order valence-electron chi connectivity index (χ2n) is 6.02. The molecule has 0 unspecified atom stereocenters. The highest BCUT2D eigenvalue weighted by molar-refractivity contribution is 5.95. The number of rotatable bonds is 5. The van der Waals surface area contributed by atoms with Crippen LogP contribution >= 0.6 is 0 Å². The number of piperazine rings is 1. The molecule has 128 valence electrons. The van der Waals surface area contributed by atoms with E-state index in [9.17, 15) is 4.79 Å². The van der Waals surface area contributed by atoms with Gasteiger partial charge in [0.2, 0.25) is 5.75 Å². The molecule has 23 heavy (non-hydrogen) atoms. The molecule has 0 atom stereocenters. The summed E-state index contributed by atoms with van der Waals surface area (Å²) in [6.07, 6.45) is 0. The van der Waals surface area contributed by atoms with Crippen LogP contribution in [0.2, 0.25) is 0 Å². The molecule has 2 rings (SSSR count). The Hall–Kier alpha value is -1.95. The summed E-state index contributed by atoms with van der Waals surface area (Å²) in [5, 5.41) is 0. The number of hydrogen-bond acceptors (Lipinski definition) is 4. The fourth-order valence-electron chi connectivity index (χ4n) is 2.96. The lowest BCUT2D eigenvalue weighted by atomic mass is 10.1. The van der Waals surface area contributed by atoms with Crippen LogP contribution in [0.4, 0.5) is 0 Å². The Morgan fingerprint density at radius 2 is 1.57 bits per heavy atom. The first kappa shape index (κ1) is 17.4. The molecule has 1 aromatic rings. The van der Waals surface area contributed by atoms with Gasteiger partial charge in [0.15, 0.2) is 11.5 Å². The number of amides is 1. The molecule has 0 saturated carbocycles. The third kappa shape index (κ3) is 3.69. The molecule has 1 aromatic carbocycles. The van der Waals surface area contributed by atoms with Crippen LogP contribution in [0.15, 0.2) is 12.1 Å². The average Bonchev–Trinajstić information content (AvgIpc) is 2.59. The van der Waals surface area contributed by atoms with Crippen LogP contribution in [0.3, 0.4) is 0 Å². The first-order valence-electron chi connectivity index (χ1n) is 7.95. The van der Waals surface area contributed by atoms with E-state index < -0.39 is 0 Å². The van der Waals surface area contributed by atoms with Gasteiger partial charge < -0.3 is 24.0 Å². The third-order valence-corrected chi connectivity index (χ3v) is 4.42. The molecule has 1 aliphatic heterocycles. The van der Waals surface area contributed by atoms with Gasteiger partial charge in [0.1, 0.15) is 0 Å². The number of ether oxygens (including phenoxy) is 3. The van der Waals surface area contributed by atoms with Gasteiger partial charge in [0.05, 0.1) is 53.6 Å². The zero-order chi connectivity index (χ0) is 17.0. The summed E-state index contributed by atoms with van der Waals surface area (Å²) >= 11 is 0. The van der Waals surface area contributed by atoms with Gasteiger partial charge in [-0.1, -0.05) is 0 Å². The predicted molar refractivity (Wildman–Crippen MR) is 87.8 cm³/mol. The lowest BCUT2D eigenvalue weighted by molar-refractivity contribution is -0.925. The third-order valence-electron chi connectivity index (χ3n) is 4.42. The van der Waals surface area contributed by atoms with Crippen molar-refractivity contribution >= 4 is 5.91 Å². The minimum Gasteiger partial charge on any atom is -0.493 e. The molecule has 0 aliphatic carbocycles. The van der Waals surface area contributed by atoms with E-state index in [0.29, 0.717) is 28.9 Å². The highest BCUT2D eigenvalue weighted by Gasteiger charge is 2.27. The van der Waals surface area contributed by atoms with Crippen LogP contribution in [0.5, 0.6) is 17.2 Å². The molecule has 6 heteroatoms. The summed E-state index contributed by atoms with van der Waals surface area (Å²) < 4.78 is 16.0. The van der Waals surface area contributed by atoms with E-state index in [1.54, 1.807) is 38.4 Å². The van der Waals surface area contributed by atoms with Crippen molar-refractivity contribution in [3.05, 3.63) is 17.7 Å². The van der Waals surface area contributed by atoms with Crippen molar-refractivity contribution in [3.8, 4) is 17.2 Å². The molecule has 1 heterocycles. The van der Waals surface area contributed by atoms with Gasteiger partial charge in [-0.2, -0.15) is 0 Å². The highest BCUT2D eigenvalue weighted by Crippen LogP contribution is 2.38. The van der Waals surface area contributed by atoms with Crippen LogP contribution in [-0.4, -0.2) is 64.4 Å². The van der Waals surface area contributed by atoms with Gasteiger partial charge in [-0.25, -0.2) is 0 Å². The van der Waals surface area contributed by atoms with E-state index in [0.717, 1.165) is 26.2 Å². The maximum Gasteiger partial charge on any atom is 0.254 e. The summed E-state index contributed by atoms with van der Waals surface area (Å²) in [5.41, 5.74) is 0.562. The van der Waals surface area contributed by atoms with Crippen LogP contribution < -0.4 is 19.1 Å². The standard InChI is InChI=1S/C17H26N2O4/c1-12(2)18-6-8-19(9-7-18)17(20)13-10-14(21-3)16(23-5)15(11-13)22-4/h10-12H,6-9H2,1-5H3/p+1. The topological polar surface area (TPSA) is 52.4 Å². The summed E-state index contributed by atoms with van der Waals surface area (Å²) in [5.74, 6) is 1.51. The van der Waals surface area contributed by atoms with Crippen LogP contribution in [0.1, 0.15) is 24.2 Å². The number of carbonyl (C=O) groups is 1. The maximum atomic E-state index is 12.8. The van der Waals surface area contributed by atoms with Gasteiger partial charge in [-0.05, 0) is 26.0 Å². The maximum absolute atomic E-state index is 12.8. The zero-order valence-electron chi connectivity index (χ0n) is 14.6. The SMILES string of the molecule is COc1cc(C(=O)N2CC[NH+](C(C)C)CC2)cc(OC)c1OC. The molecular formula is C17H27N2O4+. The molecule has 0 spiro atoms. The molecule has 1 amide bonds. The molecule has 1 saturated heterocycles. The van der Waals surface area contributed by atoms with E-state index in [2.05, 4.69) is 13.8 Å². The van der Waals surface area contributed by atoms with Crippen molar-refractivity contribution in [3.63, 3.8) is 0 Å². The van der Waals surface area contributed by atoms with E-state index in [-0.39, 0.29) is 5.91 Å². The lowest BCUT2D eigenvalue weighted by Crippen LogP contribution is -3.17. The summed E-state index contributed by atoms with van der Waals surface area (Å²) in [4.78, 5) is 16.2. The van der Waals surface area contributed by atoms with Gasteiger partial charge in [-0.15, -0.1) is 0 Å². The number of nitrogens with zero attached hydrogens (tertiary/aromatic N) is 1. The first-order chi connectivity index (χ1) is 11.0. The van der Waals surface area contributed by atoms with Crippen molar-refractivity contribution in [2.45, 2.75) is 19.9 Å². The van der Waals surface area contributed by atoms with E-state index in [4.69, 9.17) is 14.2 Å². The highest BCUT2D eigenvalue weighted by atomic mass is 16.5. The largest absolute Gasteiger partial charge is 0.493 e. The Kier molecular flexibility index (Phi) is 5.71. The van der Waals surface area contributed by atoms with Gasteiger partial charge in [-0.3, -0.25) is 4.79 Å². The number of benzene rings is 1. The molecule has 0 aromatic heterocycles. The van der Waals surface area contributed by atoms with E-state index in [1.165, 1.54) is 0 Å². The molecule has 6 nitrogen and oxygen atoms in total. The smallest absolute Gasteiger partial charge is 0.254 e. The number of hydrogen-bond donors (Lipinski definition) is 1. The number of methoxy groups -OCH3 is 3. The van der Waals surface area contributed by atoms with Crippen molar-refractivity contribution in [1.82, 2.24) is 4.90 Å². The summed E-state index contributed by atoms with van der Waals surface area (Å²) in [6.45, 7) is 7.92. The number of quaternary nitrogens is 1. The van der Waals surface area contributed by atoms with Crippen molar-refractivity contribution < 1.29 is 23.9 Å². The van der Waals surface area contributed by atoms with Crippen LogP contribution in [-0.2, 0) is 0 Å². The minimum absolute atomic E-state index is 0.00654. The fourth-order valence-corrected chi connectivity index (χ4v) is 2.96. The van der Waals surface area contributed by atoms with Crippen LogP contribution in [0, 0.1) is 0 Å². The number of carbonyl (C=O) groups excluding carboxylic acids is 1. The molecular weight excluding hydrogens is 296 g/mol. The normalized spacial score (nSPS) is 15.7. The van der Waals surface area contributed by atoms with Crippen molar-refractivity contribution in [1.29, 1.82) is 0 Å². The predicted octanol–water partition coefficient (Wildman–Crippen LogP) is 0.462. The van der Waals surface area contributed by atoms with Crippen molar-refractivity contribution in [2.75, 3.05) is 47.5 Å². The Bertz CT molecular complexity index is 527. The van der Waals surface area contributed by atoms with Gasteiger partial charge in [0.25, 0.3) is 5.91 Å². The van der Waals surface area contributed by atoms with Gasteiger partial charge in [0, 0.05) is 5.56 Å². The van der Waals surface area contributed by atoms with E-state index >= 15 is 0 Å². The Morgan fingerprint density at radius 1 is 1.04 bits per heavy atom. The summed E-state index contributed by atoms with van der Waals surface area (Å²) in [7, 11) is 4.66. The fraction of sp³-hybridized carbons (Fsp3) is 0.588. The first-order valence-corrected chi connectivity index (χ1v) is 7.95. The monoisotopic (exact) mass is 323 g/mol. The zero-order valence-corrected chi connectivity index (χ0v) is 14.6.